The smallest absolute Gasteiger partial charge is 0.186 e. The van der Waals surface area contributed by atoms with Gasteiger partial charge in [-0.15, -0.1) is 0 Å². The van der Waals surface area contributed by atoms with E-state index in [-0.39, 0.29) is 5.78 Å². The lowest BCUT2D eigenvalue weighted by Gasteiger charge is -2.23. The van der Waals surface area contributed by atoms with Gasteiger partial charge in [0.1, 0.15) is 5.82 Å². The third-order valence-corrected chi connectivity index (χ3v) is 3.07. The summed E-state index contributed by atoms with van der Waals surface area (Å²) in [5.41, 5.74) is 1.83. The Morgan fingerprint density at radius 2 is 1.82 bits per heavy atom. The van der Waals surface area contributed by atoms with Crippen LogP contribution in [0.2, 0.25) is 0 Å². The number of carbonyl (C=O) groups excluding carboxylic acids is 1. The summed E-state index contributed by atoms with van der Waals surface area (Å²) in [7, 11) is 0. The molecule has 1 N–H and O–H groups in total. The highest BCUT2D eigenvalue weighted by Gasteiger charge is 2.26. The van der Waals surface area contributed by atoms with Crippen molar-refractivity contribution >= 4 is 11.4 Å². The standard InChI is InChI=1S/C14H18N2O/c1-3-16(4-2)14-13(12(17)10-15-14)11-8-6-5-7-9-11/h5-9,15H,3-4,10H2,1-2H3. The lowest BCUT2D eigenvalue weighted by molar-refractivity contribution is -0.112. The first kappa shape index (κ1) is 11.7. The average Bonchev–Trinajstić information content (AvgIpc) is 2.74. The number of carbonyl (C=O) groups is 1. The second-order valence-electron chi connectivity index (χ2n) is 4.04. The minimum Gasteiger partial charge on any atom is -0.364 e. The molecule has 0 unspecified atom stereocenters. The number of rotatable bonds is 4. The first-order valence-corrected chi connectivity index (χ1v) is 6.09. The molecule has 3 nitrogen and oxygen atoms in total. The highest BCUT2D eigenvalue weighted by atomic mass is 16.1. The molecule has 0 atom stereocenters. The van der Waals surface area contributed by atoms with Crippen LogP contribution in [0.4, 0.5) is 0 Å². The summed E-state index contributed by atoms with van der Waals surface area (Å²) in [6.45, 7) is 6.42. The SMILES string of the molecule is CCN(CC)C1=C(c2ccccc2)C(=O)CN1. The van der Waals surface area contributed by atoms with Gasteiger partial charge in [0, 0.05) is 13.1 Å². The maximum Gasteiger partial charge on any atom is 0.186 e. The van der Waals surface area contributed by atoms with Crippen LogP contribution in [0.15, 0.2) is 36.2 Å². The molecule has 0 saturated heterocycles. The van der Waals surface area contributed by atoms with Crippen molar-refractivity contribution in [2.75, 3.05) is 19.6 Å². The van der Waals surface area contributed by atoms with E-state index in [0.717, 1.165) is 30.0 Å². The van der Waals surface area contributed by atoms with Crippen molar-refractivity contribution in [3.63, 3.8) is 0 Å². The molecule has 1 heterocycles. The van der Waals surface area contributed by atoms with Gasteiger partial charge in [-0.3, -0.25) is 4.79 Å². The molecule has 0 saturated carbocycles. The third-order valence-electron chi connectivity index (χ3n) is 3.07. The topological polar surface area (TPSA) is 32.3 Å². The van der Waals surface area contributed by atoms with Crippen molar-refractivity contribution in [2.24, 2.45) is 0 Å². The molecule has 0 spiro atoms. The van der Waals surface area contributed by atoms with E-state index in [1.54, 1.807) is 0 Å². The molecule has 17 heavy (non-hydrogen) atoms. The normalized spacial score (nSPS) is 15.1. The molecule has 0 radical (unpaired) electrons. The summed E-state index contributed by atoms with van der Waals surface area (Å²) < 4.78 is 0. The second-order valence-corrected chi connectivity index (χ2v) is 4.04. The third kappa shape index (κ3) is 2.18. The number of Topliss-reactive ketones (excluding diaryl/α,β-unsaturated/α-hetero) is 1. The molecular formula is C14H18N2O. The quantitative estimate of drug-likeness (QED) is 0.857. The summed E-state index contributed by atoms with van der Waals surface area (Å²) in [6, 6.07) is 9.88. The van der Waals surface area contributed by atoms with E-state index in [2.05, 4.69) is 24.1 Å². The molecular weight excluding hydrogens is 212 g/mol. The highest BCUT2D eigenvalue weighted by molar-refractivity contribution is 6.24. The van der Waals surface area contributed by atoms with Crippen LogP contribution in [0.3, 0.4) is 0 Å². The fourth-order valence-corrected chi connectivity index (χ4v) is 2.19. The molecule has 0 aliphatic carbocycles. The van der Waals surface area contributed by atoms with Crippen LogP contribution in [-0.4, -0.2) is 30.3 Å². The first-order valence-electron chi connectivity index (χ1n) is 6.09. The van der Waals surface area contributed by atoms with Crippen molar-refractivity contribution in [1.82, 2.24) is 10.2 Å². The van der Waals surface area contributed by atoms with Crippen LogP contribution < -0.4 is 5.32 Å². The summed E-state index contributed by atoms with van der Waals surface area (Å²) in [4.78, 5) is 14.2. The predicted octanol–water partition coefficient (Wildman–Crippen LogP) is 1.87. The van der Waals surface area contributed by atoms with E-state index in [1.807, 2.05) is 30.3 Å². The molecule has 1 aliphatic rings. The monoisotopic (exact) mass is 230 g/mol. The molecule has 1 aliphatic heterocycles. The number of nitrogens with zero attached hydrogens (tertiary/aromatic N) is 1. The van der Waals surface area contributed by atoms with Crippen LogP contribution in [-0.2, 0) is 4.79 Å². The van der Waals surface area contributed by atoms with Crippen molar-refractivity contribution in [1.29, 1.82) is 0 Å². The van der Waals surface area contributed by atoms with E-state index < -0.39 is 0 Å². The van der Waals surface area contributed by atoms with E-state index >= 15 is 0 Å². The van der Waals surface area contributed by atoms with Gasteiger partial charge in [0.15, 0.2) is 5.78 Å². The lowest BCUT2D eigenvalue weighted by atomic mass is 10.0. The number of hydrogen-bond acceptors (Lipinski definition) is 3. The molecule has 0 bridgehead atoms. The average molecular weight is 230 g/mol. The summed E-state index contributed by atoms with van der Waals surface area (Å²) >= 11 is 0. The zero-order chi connectivity index (χ0) is 12.3. The predicted molar refractivity (Wildman–Crippen MR) is 69.3 cm³/mol. The molecule has 1 aromatic carbocycles. The molecule has 0 amide bonds. The van der Waals surface area contributed by atoms with E-state index in [9.17, 15) is 4.79 Å². The van der Waals surface area contributed by atoms with Crippen LogP contribution in [0, 0.1) is 0 Å². The summed E-state index contributed by atoms with van der Waals surface area (Å²) in [5.74, 6) is 1.16. The van der Waals surface area contributed by atoms with Gasteiger partial charge in [-0.1, -0.05) is 30.3 Å². The maximum absolute atomic E-state index is 12.0. The fraction of sp³-hybridized carbons (Fsp3) is 0.357. The molecule has 2 rings (SSSR count). The number of hydrogen-bond donors (Lipinski definition) is 1. The van der Waals surface area contributed by atoms with Crippen molar-refractivity contribution in [2.45, 2.75) is 13.8 Å². The zero-order valence-corrected chi connectivity index (χ0v) is 10.4. The van der Waals surface area contributed by atoms with Crippen molar-refractivity contribution in [3.8, 4) is 0 Å². The Morgan fingerprint density at radius 1 is 1.18 bits per heavy atom. The second kappa shape index (κ2) is 5.04. The van der Waals surface area contributed by atoms with Gasteiger partial charge in [0.25, 0.3) is 0 Å². The largest absolute Gasteiger partial charge is 0.364 e. The Bertz CT molecular complexity index is 433. The Kier molecular flexibility index (Phi) is 3.47. The minimum atomic E-state index is 0.179. The number of ketones is 1. The highest BCUT2D eigenvalue weighted by Crippen LogP contribution is 2.24. The van der Waals surface area contributed by atoms with Gasteiger partial charge in [-0.25, -0.2) is 0 Å². The molecule has 0 aromatic heterocycles. The van der Waals surface area contributed by atoms with Crippen LogP contribution in [0.25, 0.3) is 5.57 Å². The Balaban J connectivity index is 2.45. The van der Waals surface area contributed by atoms with E-state index in [0.29, 0.717) is 6.54 Å². The Morgan fingerprint density at radius 3 is 2.41 bits per heavy atom. The Hall–Kier alpha value is -1.77. The maximum atomic E-state index is 12.0. The molecule has 1 aromatic rings. The van der Waals surface area contributed by atoms with Crippen LogP contribution in [0.5, 0.6) is 0 Å². The fourth-order valence-electron chi connectivity index (χ4n) is 2.19. The van der Waals surface area contributed by atoms with Crippen molar-refractivity contribution in [3.05, 3.63) is 41.7 Å². The molecule has 90 valence electrons. The summed E-state index contributed by atoms with van der Waals surface area (Å²) in [6.07, 6.45) is 0. The van der Waals surface area contributed by atoms with Gasteiger partial charge in [0.2, 0.25) is 0 Å². The van der Waals surface area contributed by atoms with Gasteiger partial charge in [-0.05, 0) is 19.4 Å². The lowest BCUT2D eigenvalue weighted by Crippen LogP contribution is -2.29. The minimum absolute atomic E-state index is 0.179. The van der Waals surface area contributed by atoms with Crippen molar-refractivity contribution < 1.29 is 4.79 Å². The van der Waals surface area contributed by atoms with Gasteiger partial charge < -0.3 is 10.2 Å². The number of benzene rings is 1. The first-order chi connectivity index (χ1) is 8.27. The Labute approximate surface area is 102 Å². The summed E-state index contributed by atoms with van der Waals surface area (Å²) in [5, 5.41) is 3.21. The van der Waals surface area contributed by atoms with Crippen LogP contribution >= 0.6 is 0 Å². The zero-order valence-electron chi connectivity index (χ0n) is 10.4. The van der Waals surface area contributed by atoms with Gasteiger partial charge in [0.05, 0.1) is 12.1 Å². The van der Waals surface area contributed by atoms with Gasteiger partial charge >= 0.3 is 0 Å². The molecule has 0 fully saturated rings. The molecule has 3 heteroatoms. The van der Waals surface area contributed by atoms with E-state index in [4.69, 9.17) is 0 Å². The number of nitrogens with one attached hydrogen (secondary N) is 1. The van der Waals surface area contributed by atoms with Gasteiger partial charge in [-0.2, -0.15) is 0 Å². The van der Waals surface area contributed by atoms with Crippen LogP contribution in [0.1, 0.15) is 19.4 Å². The van der Waals surface area contributed by atoms with E-state index in [1.165, 1.54) is 0 Å².